The molecule has 0 N–H and O–H groups in total. The Kier molecular flexibility index (Phi) is 1.20. The fraction of sp³-hybridized carbons (Fsp3) is 0. The van der Waals surface area contributed by atoms with Crippen LogP contribution < -0.4 is 0 Å². The van der Waals surface area contributed by atoms with Crippen LogP contribution in [0.15, 0.2) is 24.3 Å². The minimum atomic E-state index is -0.243. The number of rotatable bonds is 0. The Balaban J connectivity index is 3.13. The van der Waals surface area contributed by atoms with E-state index in [1.54, 1.807) is 18.2 Å². The molecule has 8 heavy (non-hydrogen) atoms. The molecule has 0 spiro atoms. The molecule has 0 radical (unpaired) electrons. The average molecular weight is 109 g/mol. The van der Waals surface area contributed by atoms with Gasteiger partial charge in [0.15, 0.2) is 5.56 Å². The topological polar surface area (TPSA) is 0 Å². The Bertz CT molecular complexity index is 160. The van der Waals surface area contributed by atoms with E-state index < -0.39 is 0 Å². The molecular formula is C7H6F+. The predicted octanol–water partition coefficient (Wildman–Crippen LogP) is 2.01. The molecule has 0 saturated heterocycles. The Hall–Kier alpha value is -0.980. The molecule has 0 aliphatic heterocycles. The van der Waals surface area contributed by atoms with Gasteiger partial charge >= 0.3 is 0 Å². The zero-order valence-corrected chi connectivity index (χ0v) is 4.39. The van der Waals surface area contributed by atoms with E-state index in [1.165, 1.54) is 6.07 Å². The van der Waals surface area contributed by atoms with Crippen molar-refractivity contribution >= 4 is 0 Å². The van der Waals surface area contributed by atoms with Crippen LogP contribution in [-0.2, 0) is 0 Å². The lowest BCUT2D eigenvalue weighted by atomic mass is 10.2. The lowest BCUT2D eigenvalue weighted by molar-refractivity contribution is 0.623. The molecule has 1 heteroatoms. The maximum Gasteiger partial charge on any atom is 0.238 e. The van der Waals surface area contributed by atoms with Crippen LogP contribution in [0, 0.1) is 12.7 Å². The highest BCUT2D eigenvalue weighted by Gasteiger charge is 1.99. The lowest BCUT2D eigenvalue weighted by Gasteiger charge is -1.79. The lowest BCUT2D eigenvalue weighted by Crippen LogP contribution is -1.76. The van der Waals surface area contributed by atoms with Crippen molar-refractivity contribution in [3.05, 3.63) is 42.6 Å². The van der Waals surface area contributed by atoms with Crippen LogP contribution in [0.25, 0.3) is 0 Å². The van der Waals surface area contributed by atoms with Crippen LogP contribution in [0.4, 0.5) is 4.39 Å². The first-order chi connectivity index (χ1) is 3.80. The second kappa shape index (κ2) is 1.86. The minimum Gasteiger partial charge on any atom is -0.126 e. The molecule has 1 aromatic rings. The fourth-order valence-electron chi connectivity index (χ4n) is 0.498. The number of hydrogen-bond acceptors (Lipinski definition) is 0. The van der Waals surface area contributed by atoms with Gasteiger partial charge in [0.05, 0.1) is 0 Å². The van der Waals surface area contributed by atoms with E-state index >= 15 is 0 Å². The number of hydrogen-bond donors (Lipinski definition) is 0. The van der Waals surface area contributed by atoms with E-state index in [0.717, 1.165) is 0 Å². The Morgan fingerprint density at radius 2 is 1.88 bits per heavy atom. The molecule has 40 valence electrons. The number of halogens is 1. The van der Waals surface area contributed by atoms with Gasteiger partial charge in [-0.25, -0.2) is 0 Å². The largest absolute Gasteiger partial charge is 0.238 e. The first-order valence-electron chi connectivity index (χ1n) is 2.37. The molecule has 0 nitrogen and oxygen atoms in total. The van der Waals surface area contributed by atoms with Crippen LogP contribution in [0.2, 0.25) is 0 Å². The Morgan fingerprint density at radius 1 is 1.25 bits per heavy atom. The average Bonchev–Trinajstić information content (AvgIpc) is 1.77. The van der Waals surface area contributed by atoms with E-state index in [4.69, 9.17) is 0 Å². The van der Waals surface area contributed by atoms with Gasteiger partial charge in [0.25, 0.3) is 0 Å². The van der Waals surface area contributed by atoms with E-state index in [-0.39, 0.29) is 5.82 Å². The standard InChI is InChI=1S/C7H6F/c1-6-4-2-3-5-7(6)8/h2-5H,1H2/q+1. The van der Waals surface area contributed by atoms with Crippen molar-refractivity contribution in [2.24, 2.45) is 0 Å². The van der Waals surface area contributed by atoms with E-state index in [1.807, 2.05) is 0 Å². The maximum absolute atomic E-state index is 12.3. The molecule has 0 fully saturated rings. The Morgan fingerprint density at radius 3 is 2.25 bits per heavy atom. The van der Waals surface area contributed by atoms with Gasteiger partial charge < -0.3 is 0 Å². The summed E-state index contributed by atoms with van der Waals surface area (Å²) >= 11 is 0. The zero-order chi connectivity index (χ0) is 5.98. The molecule has 0 bridgehead atoms. The van der Waals surface area contributed by atoms with Gasteiger partial charge in [-0.05, 0) is 12.1 Å². The Labute approximate surface area is 48.0 Å². The first kappa shape index (κ1) is 5.16. The van der Waals surface area contributed by atoms with Crippen molar-refractivity contribution in [3.63, 3.8) is 0 Å². The summed E-state index contributed by atoms with van der Waals surface area (Å²) in [5.74, 6) is -0.243. The van der Waals surface area contributed by atoms with E-state index in [9.17, 15) is 4.39 Å². The van der Waals surface area contributed by atoms with Gasteiger partial charge in [-0.15, -0.1) is 4.39 Å². The summed E-state index contributed by atoms with van der Waals surface area (Å²) in [6, 6.07) is 6.42. The van der Waals surface area contributed by atoms with Crippen LogP contribution in [0.3, 0.4) is 0 Å². The van der Waals surface area contributed by atoms with Crippen LogP contribution in [-0.4, -0.2) is 0 Å². The van der Waals surface area contributed by atoms with Gasteiger partial charge in [0.2, 0.25) is 5.82 Å². The second-order valence-corrected chi connectivity index (χ2v) is 1.59. The number of benzene rings is 1. The molecular weight excluding hydrogens is 103 g/mol. The van der Waals surface area contributed by atoms with Crippen LogP contribution in [0.5, 0.6) is 0 Å². The molecule has 0 unspecified atom stereocenters. The first-order valence-corrected chi connectivity index (χ1v) is 2.37. The third-order valence-corrected chi connectivity index (χ3v) is 0.958. The monoisotopic (exact) mass is 109 g/mol. The third-order valence-electron chi connectivity index (χ3n) is 0.958. The summed E-state index contributed by atoms with van der Waals surface area (Å²) < 4.78 is 12.3. The van der Waals surface area contributed by atoms with Gasteiger partial charge in [-0.3, -0.25) is 0 Å². The zero-order valence-electron chi connectivity index (χ0n) is 4.39. The molecule has 0 aliphatic carbocycles. The normalized spacial score (nSPS) is 9.12. The van der Waals surface area contributed by atoms with Gasteiger partial charge in [0, 0.05) is 19.1 Å². The van der Waals surface area contributed by atoms with E-state index in [2.05, 4.69) is 6.92 Å². The summed E-state index contributed by atoms with van der Waals surface area (Å²) in [4.78, 5) is 0. The van der Waals surface area contributed by atoms with Crippen molar-refractivity contribution in [2.75, 3.05) is 0 Å². The van der Waals surface area contributed by atoms with Crippen molar-refractivity contribution in [2.45, 2.75) is 0 Å². The third kappa shape index (κ3) is 0.808. The fourth-order valence-corrected chi connectivity index (χ4v) is 0.498. The highest BCUT2D eigenvalue weighted by molar-refractivity contribution is 5.19. The van der Waals surface area contributed by atoms with E-state index in [0.29, 0.717) is 5.56 Å². The summed E-state index contributed by atoms with van der Waals surface area (Å²) in [6.45, 7) is 3.45. The summed E-state index contributed by atoms with van der Waals surface area (Å²) in [5, 5.41) is 0. The summed E-state index contributed by atoms with van der Waals surface area (Å²) in [6.07, 6.45) is 0. The van der Waals surface area contributed by atoms with Crippen molar-refractivity contribution in [1.29, 1.82) is 0 Å². The predicted molar refractivity (Wildman–Crippen MR) is 30.9 cm³/mol. The van der Waals surface area contributed by atoms with Crippen molar-refractivity contribution < 1.29 is 4.39 Å². The van der Waals surface area contributed by atoms with Gasteiger partial charge in [-0.1, -0.05) is 0 Å². The molecule has 0 saturated carbocycles. The molecule has 0 heterocycles. The summed E-state index contributed by atoms with van der Waals surface area (Å²) in [5.41, 5.74) is 0.451. The maximum atomic E-state index is 12.3. The van der Waals surface area contributed by atoms with Crippen molar-refractivity contribution in [3.8, 4) is 0 Å². The SMILES string of the molecule is [CH2+]c1ccccc1F. The quantitative estimate of drug-likeness (QED) is 0.447. The van der Waals surface area contributed by atoms with Crippen LogP contribution in [0.1, 0.15) is 5.56 Å². The highest BCUT2D eigenvalue weighted by atomic mass is 19.1. The molecule has 1 rings (SSSR count). The second-order valence-electron chi connectivity index (χ2n) is 1.59. The van der Waals surface area contributed by atoms with Gasteiger partial charge in [-0.2, -0.15) is 0 Å². The van der Waals surface area contributed by atoms with Gasteiger partial charge in [0.1, 0.15) is 0 Å². The molecule has 0 aliphatic rings. The van der Waals surface area contributed by atoms with Crippen LogP contribution >= 0.6 is 0 Å². The minimum absolute atomic E-state index is 0.243. The summed E-state index contributed by atoms with van der Waals surface area (Å²) in [7, 11) is 0. The molecule has 0 amide bonds. The van der Waals surface area contributed by atoms with Crippen molar-refractivity contribution in [1.82, 2.24) is 0 Å². The smallest absolute Gasteiger partial charge is 0.126 e. The molecule has 0 aromatic heterocycles. The highest BCUT2D eigenvalue weighted by Crippen LogP contribution is 2.01. The molecule has 1 aromatic carbocycles. The molecule has 0 atom stereocenters.